The summed E-state index contributed by atoms with van der Waals surface area (Å²) in [4.78, 5) is 0. The van der Waals surface area contributed by atoms with Crippen LogP contribution in [-0.4, -0.2) is 33.6 Å². The molecule has 0 bridgehead atoms. The third-order valence-electron chi connectivity index (χ3n) is 2.56. The van der Waals surface area contributed by atoms with Crippen molar-refractivity contribution in [3.63, 3.8) is 0 Å². The molecule has 0 radical (unpaired) electrons. The standard InChI is InChI=1S/C13H31N3OSi3/c1-15-11-12(17-20(8,9)10)16(19(5,6)7)13(15)14-18(2,3)4/h11H,1-10H3/b14-13-. The zero-order chi connectivity index (χ0) is 15.9. The third-order valence-corrected chi connectivity index (χ3v) is 6.01. The normalized spacial score (nSPS) is 14.8. The van der Waals surface area contributed by atoms with Crippen LogP contribution in [0.15, 0.2) is 10.9 Å². The summed E-state index contributed by atoms with van der Waals surface area (Å²) in [5.41, 5.74) is 1.08. The lowest BCUT2D eigenvalue weighted by Crippen LogP contribution is -2.45. The van der Waals surface area contributed by atoms with Gasteiger partial charge in [-0.1, -0.05) is 19.6 Å². The SMILES string of the molecule is Cn1cc(O[Si](C)(C)C)n([Si](C)(C)C)/c1=N\[Si](C)(C)C. The van der Waals surface area contributed by atoms with E-state index in [4.69, 9.17) is 9.08 Å². The lowest BCUT2D eigenvalue weighted by Gasteiger charge is -2.26. The fourth-order valence-electron chi connectivity index (χ4n) is 1.98. The zero-order valence-corrected chi connectivity index (χ0v) is 17.8. The van der Waals surface area contributed by atoms with Gasteiger partial charge in [-0.2, -0.15) is 0 Å². The largest absolute Gasteiger partial charge is 0.532 e. The van der Waals surface area contributed by atoms with Crippen molar-refractivity contribution in [2.45, 2.75) is 58.9 Å². The van der Waals surface area contributed by atoms with Crippen molar-refractivity contribution < 1.29 is 4.43 Å². The first kappa shape index (κ1) is 17.5. The molecule has 0 aliphatic heterocycles. The molecule has 20 heavy (non-hydrogen) atoms. The lowest BCUT2D eigenvalue weighted by molar-refractivity contribution is 0.524. The topological polar surface area (TPSA) is 31.4 Å². The zero-order valence-electron chi connectivity index (χ0n) is 14.8. The van der Waals surface area contributed by atoms with Gasteiger partial charge in [0.2, 0.25) is 8.32 Å². The molecule has 0 spiro atoms. The van der Waals surface area contributed by atoms with E-state index in [1.807, 2.05) is 0 Å². The minimum absolute atomic E-state index is 1.00. The molecule has 0 aliphatic rings. The molecule has 0 fully saturated rings. The summed E-state index contributed by atoms with van der Waals surface area (Å²) in [6, 6.07) is 0. The summed E-state index contributed by atoms with van der Waals surface area (Å²) < 4.78 is 15.9. The molecular formula is C13H31N3OSi3. The van der Waals surface area contributed by atoms with Gasteiger partial charge in [0.05, 0.1) is 6.20 Å². The molecule has 0 N–H and O–H groups in total. The fraction of sp³-hybridized carbons (Fsp3) is 0.769. The predicted octanol–water partition coefficient (Wildman–Crippen LogP) is 3.46. The molecule has 7 heteroatoms. The van der Waals surface area contributed by atoms with Gasteiger partial charge in [-0.15, -0.1) is 0 Å². The Bertz CT molecular complexity index is 539. The summed E-state index contributed by atoms with van der Waals surface area (Å²) in [6.45, 7) is 20.5. The van der Waals surface area contributed by atoms with Crippen molar-refractivity contribution in [2.24, 2.45) is 11.7 Å². The molecule has 0 aromatic carbocycles. The second kappa shape index (κ2) is 5.34. The minimum atomic E-state index is -1.62. The second-order valence-corrected chi connectivity index (χ2v) is 22.2. The van der Waals surface area contributed by atoms with E-state index in [1.165, 1.54) is 0 Å². The van der Waals surface area contributed by atoms with Crippen LogP contribution >= 0.6 is 0 Å². The third kappa shape index (κ3) is 4.78. The molecule has 116 valence electrons. The fourth-order valence-corrected chi connectivity index (χ4v) is 5.38. The van der Waals surface area contributed by atoms with Gasteiger partial charge in [0.25, 0.3) is 0 Å². The van der Waals surface area contributed by atoms with Crippen molar-refractivity contribution >= 4 is 24.8 Å². The molecule has 1 aromatic rings. The molecule has 0 atom stereocenters. The highest BCUT2D eigenvalue weighted by Gasteiger charge is 2.27. The van der Waals surface area contributed by atoms with Crippen LogP contribution in [0, 0.1) is 0 Å². The molecular weight excluding hydrogens is 298 g/mol. The maximum Gasteiger partial charge on any atom is 0.244 e. The molecule has 0 saturated carbocycles. The average Bonchev–Trinajstić information content (AvgIpc) is 2.35. The van der Waals surface area contributed by atoms with Crippen LogP contribution in [-0.2, 0) is 7.05 Å². The highest BCUT2D eigenvalue weighted by atomic mass is 28.4. The first-order chi connectivity index (χ1) is 8.71. The highest BCUT2D eigenvalue weighted by molar-refractivity contribution is 6.76. The van der Waals surface area contributed by atoms with Crippen LogP contribution in [0.1, 0.15) is 0 Å². The number of imidazole rings is 1. The van der Waals surface area contributed by atoms with Crippen molar-refractivity contribution in [3.8, 4) is 5.88 Å². The number of hydrogen-bond donors (Lipinski definition) is 0. The number of aromatic nitrogens is 2. The van der Waals surface area contributed by atoms with Crippen molar-refractivity contribution in [1.29, 1.82) is 0 Å². The van der Waals surface area contributed by atoms with E-state index in [0.717, 1.165) is 11.5 Å². The summed E-state index contributed by atoms with van der Waals surface area (Å²) in [7, 11) is -2.65. The van der Waals surface area contributed by atoms with E-state index < -0.39 is 24.8 Å². The van der Waals surface area contributed by atoms with Crippen LogP contribution in [0.2, 0.25) is 58.9 Å². The first-order valence-corrected chi connectivity index (χ1v) is 17.5. The molecule has 0 saturated heterocycles. The van der Waals surface area contributed by atoms with Gasteiger partial charge in [0.1, 0.15) is 0 Å². The van der Waals surface area contributed by atoms with Crippen molar-refractivity contribution in [1.82, 2.24) is 8.80 Å². The Hall–Kier alpha value is -0.539. The summed E-state index contributed by atoms with van der Waals surface area (Å²) >= 11 is 0. The van der Waals surface area contributed by atoms with Gasteiger partial charge >= 0.3 is 0 Å². The number of rotatable bonds is 4. The molecule has 0 amide bonds. The van der Waals surface area contributed by atoms with E-state index in [0.29, 0.717) is 0 Å². The van der Waals surface area contributed by atoms with Crippen LogP contribution in [0.3, 0.4) is 0 Å². The van der Waals surface area contributed by atoms with Gasteiger partial charge < -0.3 is 13.2 Å². The Kier molecular flexibility index (Phi) is 4.68. The Labute approximate surface area is 126 Å². The van der Waals surface area contributed by atoms with Crippen molar-refractivity contribution in [3.05, 3.63) is 11.8 Å². The van der Waals surface area contributed by atoms with Crippen LogP contribution in [0.5, 0.6) is 5.88 Å². The average molecular weight is 330 g/mol. The Balaban J connectivity index is 3.59. The Morgan fingerprint density at radius 1 is 0.950 bits per heavy atom. The van der Waals surface area contributed by atoms with Gasteiger partial charge in [0, 0.05) is 7.05 Å². The number of hydrogen-bond acceptors (Lipinski definition) is 2. The Morgan fingerprint density at radius 2 is 1.45 bits per heavy atom. The second-order valence-electron chi connectivity index (χ2n) is 8.38. The van der Waals surface area contributed by atoms with E-state index in [2.05, 4.69) is 81.0 Å². The van der Waals surface area contributed by atoms with Crippen LogP contribution in [0.25, 0.3) is 0 Å². The minimum Gasteiger partial charge on any atom is -0.532 e. The van der Waals surface area contributed by atoms with E-state index in [9.17, 15) is 0 Å². The number of aryl methyl sites for hydroxylation is 1. The molecule has 1 heterocycles. The maximum atomic E-state index is 6.31. The molecule has 0 aliphatic carbocycles. The monoisotopic (exact) mass is 329 g/mol. The predicted molar refractivity (Wildman–Crippen MR) is 95.0 cm³/mol. The van der Waals surface area contributed by atoms with Gasteiger partial charge in [-0.25, -0.2) is 0 Å². The molecule has 1 rings (SSSR count). The number of nitrogens with zero attached hydrogens (tertiary/aromatic N) is 3. The van der Waals surface area contributed by atoms with Gasteiger partial charge in [-0.05, 0) is 39.3 Å². The smallest absolute Gasteiger partial charge is 0.244 e. The van der Waals surface area contributed by atoms with Gasteiger partial charge in [-0.3, -0.25) is 4.66 Å². The Morgan fingerprint density at radius 3 is 1.80 bits per heavy atom. The van der Waals surface area contributed by atoms with E-state index >= 15 is 0 Å². The van der Waals surface area contributed by atoms with Gasteiger partial charge in [0.15, 0.2) is 28.0 Å². The van der Waals surface area contributed by atoms with Crippen molar-refractivity contribution in [2.75, 3.05) is 0 Å². The first-order valence-electron chi connectivity index (χ1n) is 7.24. The van der Waals surface area contributed by atoms with Crippen LogP contribution < -0.4 is 10.0 Å². The molecule has 4 nitrogen and oxygen atoms in total. The van der Waals surface area contributed by atoms with Crippen LogP contribution in [0.4, 0.5) is 0 Å². The van der Waals surface area contributed by atoms with E-state index in [1.54, 1.807) is 0 Å². The molecule has 0 unspecified atom stereocenters. The maximum absolute atomic E-state index is 6.31. The quantitative estimate of drug-likeness (QED) is 0.778. The lowest BCUT2D eigenvalue weighted by atomic mass is 10.8. The summed E-state index contributed by atoms with van der Waals surface area (Å²) in [5.74, 6) is 1.00. The highest BCUT2D eigenvalue weighted by Crippen LogP contribution is 2.19. The summed E-state index contributed by atoms with van der Waals surface area (Å²) in [6.07, 6.45) is 2.11. The van der Waals surface area contributed by atoms with E-state index in [-0.39, 0.29) is 0 Å². The molecule has 1 aromatic heterocycles. The summed E-state index contributed by atoms with van der Waals surface area (Å²) in [5, 5.41) is 0.